The zero-order chi connectivity index (χ0) is 13.0. The molecule has 0 aliphatic rings. The van der Waals surface area contributed by atoms with Crippen LogP contribution in [0, 0.1) is 6.92 Å². The van der Waals surface area contributed by atoms with Gasteiger partial charge in [-0.3, -0.25) is 0 Å². The highest BCUT2D eigenvalue weighted by atomic mass is 32.1. The molecule has 2 heterocycles. The molecule has 2 rings (SSSR count). The second-order valence-electron chi connectivity index (χ2n) is 4.60. The molecule has 2 aromatic rings. The van der Waals surface area contributed by atoms with E-state index in [2.05, 4.69) is 54.0 Å². The first-order chi connectivity index (χ1) is 8.70. The highest BCUT2D eigenvalue weighted by Crippen LogP contribution is 2.19. The highest BCUT2D eigenvalue weighted by molar-refractivity contribution is 7.11. The van der Waals surface area contributed by atoms with Crippen LogP contribution in [0.4, 0.5) is 0 Å². The maximum absolute atomic E-state index is 4.42. The van der Waals surface area contributed by atoms with Crippen molar-refractivity contribution in [3.8, 4) is 0 Å². The van der Waals surface area contributed by atoms with Crippen molar-refractivity contribution in [3.05, 3.63) is 40.1 Å². The Morgan fingerprint density at radius 1 is 1.50 bits per heavy atom. The topological polar surface area (TPSA) is 29.9 Å². The van der Waals surface area contributed by atoms with Crippen molar-refractivity contribution in [1.82, 2.24) is 14.9 Å². The van der Waals surface area contributed by atoms with E-state index in [-0.39, 0.29) is 0 Å². The number of aryl methyl sites for hydroxylation is 2. The van der Waals surface area contributed by atoms with E-state index in [0.717, 1.165) is 13.1 Å². The van der Waals surface area contributed by atoms with E-state index in [4.69, 9.17) is 0 Å². The second kappa shape index (κ2) is 6.16. The monoisotopic (exact) mass is 263 g/mol. The third kappa shape index (κ3) is 3.21. The van der Waals surface area contributed by atoms with Gasteiger partial charge in [-0.2, -0.15) is 0 Å². The maximum atomic E-state index is 4.42. The van der Waals surface area contributed by atoms with Gasteiger partial charge >= 0.3 is 0 Å². The van der Waals surface area contributed by atoms with Gasteiger partial charge in [0.25, 0.3) is 0 Å². The van der Waals surface area contributed by atoms with E-state index in [1.807, 2.05) is 6.20 Å². The van der Waals surface area contributed by atoms with Crippen molar-refractivity contribution in [1.29, 1.82) is 0 Å². The largest absolute Gasteiger partial charge is 0.350 e. The van der Waals surface area contributed by atoms with Gasteiger partial charge in [0.05, 0.1) is 6.04 Å². The second-order valence-corrected chi connectivity index (χ2v) is 5.87. The molecule has 0 saturated carbocycles. The first-order valence-electron chi connectivity index (χ1n) is 6.50. The molecule has 0 amide bonds. The van der Waals surface area contributed by atoms with E-state index in [1.54, 1.807) is 11.3 Å². The van der Waals surface area contributed by atoms with Gasteiger partial charge in [-0.1, -0.05) is 6.92 Å². The van der Waals surface area contributed by atoms with Gasteiger partial charge in [0.2, 0.25) is 0 Å². The summed E-state index contributed by atoms with van der Waals surface area (Å²) in [5.74, 6) is 0. The van der Waals surface area contributed by atoms with Crippen LogP contribution in [0.3, 0.4) is 0 Å². The third-order valence-electron chi connectivity index (χ3n) is 2.99. The molecule has 0 radical (unpaired) electrons. The van der Waals surface area contributed by atoms with Crippen LogP contribution in [0.25, 0.3) is 0 Å². The van der Waals surface area contributed by atoms with Gasteiger partial charge in [0.1, 0.15) is 5.01 Å². The van der Waals surface area contributed by atoms with Crippen LogP contribution < -0.4 is 5.32 Å². The Labute approximate surface area is 113 Å². The lowest BCUT2D eigenvalue weighted by molar-refractivity contribution is 0.540. The van der Waals surface area contributed by atoms with Gasteiger partial charge in [-0.25, -0.2) is 4.98 Å². The lowest BCUT2D eigenvalue weighted by Crippen LogP contribution is -2.19. The first-order valence-corrected chi connectivity index (χ1v) is 7.32. The molecule has 0 aliphatic carbocycles. The van der Waals surface area contributed by atoms with Gasteiger partial charge in [0.15, 0.2) is 0 Å². The smallest absolute Gasteiger partial charge is 0.109 e. The molecule has 0 fully saturated rings. The molecule has 0 aliphatic heterocycles. The Kier molecular flexibility index (Phi) is 4.55. The van der Waals surface area contributed by atoms with Crippen molar-refractivity contribution in [3.63, 3.8) is 0 Å². The fourth-order valence-electron chi connectivity index (χ4n) is 1.99. The van der Waals surface area contributed by atoms with Gasteiger partial charge in [-0.05, 0) is 32.4 Å². The molecule has 2 aromatic heterocycles. The first kappa shape index (κ1) is 13.3. The summed E-state index contributed by atoms with van der Waals surface area (Å²) in [4.78, 5) is 5.69. The Balaban J connectivity index is 1.92. The van der Waals surface area contributed by atoms with Gasteiger partial charge in [-0.15, -0.1) is 11.3 Å². The standard InChI is InChI=1S/C14H21N3S/c1-4-7-17-8-5-6-13(17)10-15-12(3)14-16-9-11(2)18-14/h5-6,8-9,12,15H,4,7,10H2,1-3H3. The lowest BCUT2D eigenvalue weighted by Gasteiger charge is -2.13. The molecule has 0 aromatic carbocycles. The van der Waals surface area contributed by atoms with Crippen LogP contribution in [-0.2, 0) is 13.1 Å². The molecule has 18 heavy (non-hydrogen) atoms. The predicted molar refractivity (Wildman–Crippen MR) is 76.8 cm³/mol. The lowest BCUT2D eigenvalue weighted by atomic mass is 10.3. The molecule has 1 unspecified atom stereocenters. The molecule has 3 nitrogen and oxygen atoms in total. The number of nitrogens with one attached hydrogen (secondary N) is 1. The van der Waals surface area contributed by atoms with Crippen LogP contribution >= 0.6 is 11.3 Å². The number of hydrogen-bond acceptors (Lipinski definition) is 3. The molecular weight excluding hydrogens is 242 g/mol. The zero-order valence-corrected chi connectivity index (χ0v) is 12.1. The molecule has 1 atom stereocenters. The van der Waals surface area contributed by atoms with Crippen LogP contribution in [0.15, 0.2) is 24.5 Å². The molecular formula is C14H21N3S. The van der Waals surface area contributed by atoms with Crippen LogP contribution in [-0.4, -0.2) is 9.55 Å². The van der Waals surface area contributed by atoms with Crippen LogP contribution in [0.2, 0.25) is 0 Å². The Bertz CT molecular complexity index is 487. The van der Waals surface area contributed by atoms with E-state index < -0.39 is 0 Å². The normalized spacial score (nSPS) is 12.8. The van der Waals surface area contributed by atoms with Gasteiger partial charge < -0.3 is 9.88 Å². The van der Waals surface area contributed by atoms with E-state index in [1.165, 1.54) is 22.0 Å². The summed E-state index contributed by atoms with van der Waals surface area (Å²) < 4.78 is 2.31. The summed E-state index contributed by atoms with van der Waals surface area (Å²) in [6.45, 7) is 8.46. The third-order valence-corrected chi connectivity index (χ3v) is 4.08. The fraction of sp³-hybridized carbons (Fsp3) is 0.500. The molecule has 0 bridgehead atoms. The Hall–Kier alpha value is -1.13. The fourth-order valence-corrected chi connectivity index (χ4v) is 2.79. The minimum absolute atomic E-state index is 0.314. The van der Waals surface area contributed by atoms with Crippen molar-refractivity contribution < 1.29 is 0 Å². The van der Waals surface area contributed by atoms with E-state index >= 15 is 0 Å². The number of hydrogen-bond donors (Lipinski definition) is 1. The zero-order valence-electron chi connectivity index (χ0n) is 11.3. The summed E-state index contributed by atoms with van der Waals surface area (Å²) in [6.07, 6.45) is 5.26. The van der Waals surface area contributed by atoms with Gasteiger partial charge in [0, 0.05) is 36.1 Å². The summed E-state index contributed by atoms with van der Waals surface area (Å²) in [5, 5.41) is 4.71. The Morgan fingerprint density at radius 2 is 2.33 bits per heavy atom. The van der Waals surface area contributed by atoms with Crippen molar-refractivity contribution in [2.24, 2.45) is 0 Å². The number of aromatic nitrogens is 2. The molecule has 1 N–H and O–H groups in total. The minimum Gasteiger partial charge on any atom is -0.350 e. The number of rotatable bonds is 6. The van der Waals surface area contributed by atoms with Crippen molar-refractivity contribution >= 4 is 11.3 Å². The van der Waals surface area contributed by atoms with E-state index in [0.29, 0.717) is 6.04 Å². The average Bonchev–Trinajstić information content (AvgIpc) is 2.96. The maximum Gasteiger partial charge on any atom is 0.109 e. The SMILES string of the molecule is CCCn1cccc1CNC(C)c1ncc(C)s1. The summed E-state index contributed by atoms with van der Waals surface area (Å²) in [7, 11) is 0. The minimum atomic E-state index is 0.314. The molecule has 98 valence electrons. The summed E-state index contributed by atoms with van der Waals surface area (Å²) in [6, 6.07) is 4.61. The highest BCUT2D eigenvalue weighted by Gasteiger charge is 2.09. The Morgan fingerprint density at radius 3 is 3.00 bits per heavy atom. The van der Waals surface area contributed by atoms with Crippen LogP contribution in [0.1, 0.15) is 41.9 Å². The summed E-state index contributed by atoms with van der Waals surface area (Å²) >= 11 is 1.77. The summed E-state index contributed by atoms with van der Waals surface area (Å²) in [5.41, 5.74) is 1.34. The quantitative estimate of drug-likeness (QED) is 0.864. The predicted octanol–water partition coefficient (Wildman–Crippen LogP) is 3.51. The van der Waals surface area contributed by atoms with Crippen molar-refractivity contribution in [2.45, 2.75) is 46.3 Å². The molecule has 0 saturated heterocycles. The average molecular weight is 263 g/mol. The van der Waals surface area contributed by atoms with Crippen molar-refractivity contribution in [2.75, 3.05) is 0 Å². The number of nitrogens with zero attached hydrogens (tertiary/aromatic N) is 2. The number of thiazole rings is 1. The molecule has 0 spiro atoms. The van der Waals surface area contributed by atoms with E-state index in [9.17, 15) is 0 Å². The van der Waals surface area contributed by atoms with Crippen LogP contribution in [0.5, 0.6) is 0 Å². The molecule has 4 heteroatoms.